The lowest BCUT2D eigenvalue weighted by Crippen LogP contribution is -2.40. The molecule has 1 nitrogen and oxygen atoms in total. The molecule has 0 saturated carbocycles. The Kier molecular flexibility index (Phi) is 5.82. The van der Waals surface area contributed by atoms with Crippen molar-refractivity contribution in [2.45, 2.75) is 47.1 Å². The average molecular weight is 286 g/mol. The third-order valence-corrected chi connectivity index (χ3v) is 4.21. The second kappa shape index (κ2) is 6.71. The first-order valence-corrected chi connectivity index (χ1v) is 7.29. The molecular weight excluding hydrogens is 261 g/mol. The highest BCUT2D eigenvalue weighted by atomic mass is 35.5. The molecule has 0 aromatic heterocycles. The van der Waals surface area contributed by atoms with Gasteiger partial charge in [0.25, 0.3) is 0 Å². The van der Waals surface area contributed by atoms with Gasteiger partial charge in [-0.25, -0.2) is 4.39 Å². The van der Waals surface area contributed by atoms with Crippen LogP contribution in [0.2, 0.25) is 5.02 Å². The monoisotopic (exact) mass is 285 g/mol. The first-order valence-electron chi connectivity index (χ1n) is 6.92. The summed E-state index contributed by atoms with van der Waals surface area (Å²) in [7, 11) is 0. The Balaban J connectivity index is 2.85. The van der Waals surface area contributed by atoms with Crippen LogP contribution in [0.5, 0.6) is 0 Å². The van der Waals surface area contributed by atoms with Crippen LogP contribution in [0.25, 0.3) is 0 Å². The molecule has 0 fully saturated rings. The molecule has 0 aliphatic heterocycles. The standard InChI is InChI=1S/C16H25ClFN/c1-11(2)16(5,10-19-12(3)4)9-13-6-7-14(17)15(18)8-13/h6-8,11-12,19H,9-10H2,1-5H3. The molecule has 1 rings (SSSR count). The third-order valence-electron chi connectivity index (χ3n) is 3.90. The summed E-state index contributed by atoms with van der Waals surface area (Å²) in [4.78, 5) is 0. The zero-order valence-corrected chi connectivity index (χ0v) is 13.3. The van der Waals surface area contributed by atoms with Crippen LogP contribution in [-0.4, -0.2) is 12.6 Å². The average Bonchev–Trinajstić information content (AvgIpc) is 2.31. The van der Waals surface area contributed by atoms with Gasteiger partial charge in [0.15, 0.2) is 0 Å². The van der Waals surface area contributed by atoms with E-state index in [9.17, 15) is 4.39 Å². The maximum absolute atomic E-state index is 13.5. The Bertz CT molecular complexity index is 417. The summed E-state index contributed by atoms with van der Waals surface area (Å²) in [6, 6.07) is 5.57. The van der Waals surface area contributed by atoms with Gasteiger partial charge in [0.05, 0.1) is 5.02 Å². The number of hydrogen-bond donors (Lipinski definition) is 1. The highest BCUT2D eigenvalue weighted by molar-refractivity contribution is 6.30. The minimum atomic E-state index is -0.331. The zero-order valence-electron chi connectivity index (χ0n) is 12.6. The van der Waals surface area contributed by atoms with E-state index in [0.29, 0.717) is 12.0 Å². The number of benzene rings is 1. The number of hydrogen-bond acceptors (Lipinski definition) is 1. The van der Waals surface area contributed by atoms with Crippen molar-refractivity contribution in [1.82, 2.24) is 5.32 Å². The highest BCUT2D eigenvalue weighted by Crippen LogP contribution is 2.31. The van der Waals surface area contributed by atoms with Gasteiger partial charge in [-0.3, -0.25) is 0 Å². The van der Waals surface area contributed by atoms with Crippen molar-refractivity contribution in [3.63, 3.8) is 0 Å². The number of nitrogens with one attached hydrogen (secondary N) is 1. The third kappa shape index (κ3) is 4.77. The molecule has 0 saturated heterocycles. The minimum absolute atomic E-state index is 0.102. The van der Waals surface area contributed by atoms with Gasteiger partial charge in [-0.15, -0.1) is 0 Å². The lowest BCUT2D eigenvalue weighted by atomic mass is 9.74. The molecule has 19 heavy (non-hydrogen) atoms. The minimum Gasteiger partial charge on any atom is -0.314 e. The summed E-state index contributed by atoms with van der Waals surface area (Å²) in [6.45, 7) is 11.9. The quantitative estimate of drug-likeness (QED) is 0.800. The molecule has 0 aliphatic rings. The molecule has 0 spiro atoms. The molecule has 1 atom stereocenters. The molecule has 1 aromatic carbocycles. The molecule has 1 aromatic rings. The lowest BCUT2D eigenvalue weighted by molar-refractivity contribution is 0.202. The smallest absolute Gasteiger partial charge is 0.142 e. The Morgan fingerprint density at radius 3 is 2.37 bits per heavy atom. The van der Waals surface area contributed by atoms with Crippen molar-refractivity contribution >= 4 is 11.6 Å². The summed E-state index contributed by atoms with van der Waals surface area (Å²) in [6.07, 6.45) is 0.846. The predicted octanol–water partition coefficient (Wildman–Crippen LogP) is 4.68. The summed E-state index contributed by atoms with van der Waals surface area (Å²) in [5, 5.41) is 3.68. The van der Waals surface area contributed by atoms with E-state index in [4.69, 9.17) is 11.6 Å². The molecule has 0 heterocycles. The van der Waals surface area contributed by atoms with Crippen LogP contribution in [0.15, 0.2) is 18.2 Å². The Morgan fingerprint density at radius 2 is 1.89 bits per heavy atom. The fourth-order valence-corrected chi connectivity index (χ4v) is 2.14. The van der Waals surface area contributed by atoms with Crippen LogP contribution in [0.4, 0.5) is 4.39 Å². The molecule has 1 N–H and O–H groups in total. The van der Waals surface area contributed by atoms with Crippen molar-refractivity contribution in [2.75, 3.05) is 6.54 Å². The van der Waals surface area contributed by atoms with E-state index < -0.39 is 0 Å². The van der Waals surface area contributed by atoms with Crippen LogP contribution in [-0.2, 0) is 6.42 Å². The van der Waals surface area contributed by atoms with Crippen LogP contribution >= 0.6 is 11.6 Å². The summed E-state index contributed by atoms with van der Waals surface area (Å²) < 4.78 is 13.5. The molecule has 108 valence electrons. The molecule has 0 aliphatic carbocycles. The Morgan fingerprint density at radius 1 is 1.26 bits per heavy atom. The van der Waals surface area contributed by atoms with E-state index in [0.717, 1.165) is 18.5 Å². The Hall–Kier alpha value is -0.600. The Labute approximate surface area is 121 Å². The maximum atomic E-state index is 13.5. The SMILES string of the molecule is CC(C)NCC(C)(Cc1ccc(Cl)c(F)c1)C(C)C. The fraction of sp³-hybridized carbons (Fsp3) is 0.625. The summed E-state index contributed by atoms with van der Waals surface area (Å²) in [5.74, 6) is 0.180. The van der Waals surface area contributed by atoms with E-state index in [1.807, 2.05) is 6.07 Å². The molecule has 0 amide bonds. The van der Waals surface area contributed by atoms with Crippen molar-refractivity contribution in [3.8, 4) is 0 Å². The molecule has 1 unspecified atom stereocenters. The largest absolute Gasteiger partial charge is 0.314 e. The second-order valence-corrected chi connectivity index (χ2v) is 6.68. The van der Waals surface area contributed by atoms with Crippen molar-refractivity contribution in [1.29, 1.82) is 0 Å². The van der Waals surface area contributed by atoms with E-state index >= 15 is 0 Å². The van der Waals surface area contributed by atoms with E-state index in [1.54, 1.807) is 12.1 Å². The number of rotatable bonds is 6. The first-order chi connectivity index (χ1) is 8.74. The fourth-order valence-electron chi connectivity index (χ4n) is 2.02. The van der Waals surface area contributed by atoms with Crippen molar-refractivity contribution < 1.29 is 4.39 Å². The van der Waals surface area contributed by atoms with E-state index in [-0.39, 0.29) is 16.3 Å². The van der Waals surface area contributed by atoms with Gasteiger partial charge in [0.2, 0.25) is 0 Å². The van der Waals surface area contributed by atoms with Gasteiger partial charge in [0.1, 0.15) is 5.82 Å². The van der Waals surface area contributed by atoms with Crippen LogP contribution < -0.4 is 5.32 Å². The lowest BCUT2D eigenvalue weighted by Gasteiger charge is -2.35. The van der Waals surface area contributed by atoms with Gasteiger partial charge in [-0.2, -0.15) is 0 Å². The number of halogens is 2. The summed E-state index contributed by atoms with van der Waals surface area (Å²) in [5.41, 5.74) is 1.11. The van der Waals surface area contributed by atoms with Crippen LogP contribution in [0.1, 0.15) is 40.2 Å². The molecule has 3 heteroatoms. The van der Waals surface area contributed by atoms with Crippen molar-refractivity contribution in [2.24, 2.45) is 11.3 Å². The van der Waals surface area contributed by atoms with Gasteiger partial charge in [-0.05, 0) is 35.4 Å². The summed E-state index contributed by atoms with van der Waals surface area (Å²) >= 11 is 5.73. The van der Waals surface area contributed by atoms with Gasteiger partial charge in [0, 0.05) is 12.6 Å². The van der Waals surface area contributed by atoms with Crippen LogP contribution in [0, 0.1) is 17.2 Å². The highest BCUT2D eigenvalue weighted by Gasteiger charge is 2.28. The first kappa shape index (κ1) is 16.5. The topological polar surface area (TPSA) is 12.0 Å². The van der Waals surface area contributed by atoms with Gasteiger partial charge < -0.3 is 5.32 Å². The van der Waals surface area contributed by atoms with Crippen molar-refractivity contribution in [3.05, 3.63) is 34.6 Å². The van der Waals surface area contributed by atoms with Gasteiger partial charge >= 0.3 is 0 Å². The van der Waals surface area contributed by atoms with Crippen LogP contribution in [0.3, 0.4) is 0 Å². The second-order valence-electron chi connectivity index (χ2n) is 6.27. The normalized spacial score (nSPS) is 15.0. The van der Waals surface area contributed by atoms with E-state index in [1.165, 1.54) is 0 Å². The molecule has 0 bridgehead atoms. The predicted molar refractivity (Wildman–Crippen MR) is 81.2 cm³/mol. The maximum Gasteiger partial charge on any atom is 0.142 e. The molecule has 0 radical (unpaired) electrons. The zero-order chi connectivity index (χ0) is 14.6. The van der Waals surface area contributed by atoms with Gasteiger partial charge in [-0.1, -0.05) is 52.3 Å². The van der Waals surface area contributed by atoms with E-state index in [2.05, 4.69) is 39.9 Å². The molecular formula is C16H25ClFN.